The Balaban J connectivity index is 1.82. The topological polar surface area (TPSA) is 18.5 Å². The predicted octanol–water partition coefficient (Wildman–Crippen LogP) is 2.50. The lowest BCUT2D eigenvalue weighted by Crippen LogP contribution is -2.26. The molecule has 0 aromatic carbocycles. The summed E-state index contributed by atoms with van der Waals surface area (Å²) in [7, 11) is 0. The van der Waals surface area contributed by atoms with Crippen LogP contribution in [0.4, 0.5) is 0 Å². The van der Waals surface area contributed by atoms with E-state index in [1.807, 2.05) is 0 Å². The standard InChI is InChI=1S/C10H17BrO2/c1-7-2-4-9(12-7)10-5-3-8(6-11)13-10/h7-10H,2-6H2,1H3. The minimum atomic E-state index is 0.368. The molecule has 0 aromatic heterocycles. The van der Waals surface area contributed by atoms with Gasteiger partial charge in [0, 0.05) is 5.33 Å². The van der Waals surface area contributed by atoms with Gasteiger partial charge in [-0.25, -0.2) is 0 Å². The summed E-state index contributed by atoms with van der Waals surface area (Å²) in [5, 5.41) is 0.964. The molecular formula is C10H17BrO2. The van der Waals surface area contributed by atoms with E-state index in [0.717, 1.165) is 5.33 Å². The van der Waals surface area contributed by atoms with E-state index < -0.39 is 0 Å². The van der Waals surface area contributed by atoms with Gasteiger partial charge in [-0.3, -0.25) is 0 Å². The van der Waals surface area contributed by atoms with E-state index in [4.69, 9.17) is 9.47 Å². The highest BCUT2D eigenvalue weighted by Gasteiger charge is 2.35. The van der Waals surface area contributed by atoms with E-state index >= 15 is 0 Å². The van der Waals surface area contributed by atoms with Crippen LogP contribution < -0.4 is 0 Å². The Morgan fingerprint density at radius 2 is 1.77 bits per heavy atom. The summed E-state index contributed by atoms with van der Waals surface area (Å²) in [6, 6.07) is 0. The van der Waals surface area contributed by atoms with E-state index in [-0.39, 0.29) is 0 Å². The molecule has 2 nitrogen and oxygen atoms in total. The van der Waals surface area contributed by atoms with Gasteiger partial charge in [0.2, 0.25) is 0 Å². The average Bonchev–Trinajstić information content (AvgIpc) is 2.71. The molecule has 2 aliphatic rings. The third-order valence-corrected chi connectivity index (χ3v) is 3.71. The molecule has 4 unspecified atom stereocenters. The third kappa shape index (κ3) is 2.25. The van der Waals surface area contributed by atoms with Crippen LogP contribution in [0.5, 0.6) is 0 Å². The van der Waals surface area contributed by atoms with Crippen LogP contribution in [0.2, 0.25) is 0 Å². The summed E-state index contributed by atoms with van der Waals surface area (Å²) in [5.74, 6) is 0. The predicted molar refractivity (Wildman–Crippen MR) is 55.3 cm³/mol. The van der Waals surface area contributed by atoms with E-state index in [1.54, 1.807) is 0 Å². The van der Waals surface area contributed by atoms with Crippen molar-refractivity contribution in [2.24, 2.45) is 0 Å². The highest BCUT2D eigenvalue weighted by Crippen LogP contribution is 2.31. The van der Waals surface area contributed by atoms with E-state index in [9.17, 15) is 0 Å². The molecule has 0 aromatic rings. The molecule has 0 spiro atoms. The highest BCUT2D eigenvalue weighted by molar-refractivity contribution is 9.09. The second kappa shape index (κ2) is 4.28. The molecule has 0 amide bonds. The first-order valence-electron chi connectivity index (χ1n) is 5.16. The second-order valence-electron chi connectivity index (χ2n) is 4.09. The van der Waals surface area contributed by atoms with Crippen LogP contribution in [0.1, 0.15) is 32.6 Å². The zero-order valence-electron chi connectivity index (χ0n) is 8.04. The number of halogens is 1. The van der Waals surface area contributed by atoms with Crippen LogP contribution in [0.3, 0.4) is 0 Å². The van der Waals surface area contributed by atoms with Crippen LogP contribution in [0, 0.1) is 0 Å². The van der Waals surface area contributed by atoms with Crippen molar-refractivity contribution >= 4 is 15.9 Å². The Bertz CT molecular complexity index is 174. The summed E-state index contributed by atoms with van der Waals surface area (Å²) in [6.07, 6.45) is 6.34. The second-order valence-corrected chi connectivity index (χ2v) is 4.74. The fourth-order valence-corrected chi connectivity index (χ4v) is 2.70. The molecule has 2 aliphatic heterocycles. The Morgan fingerprint density at radius 3 is 2.31 bits per heavy atom. The highest BCUT2D eigenvalue weighted by atomic mass is 79.9. The Morgan fingerprint density at radius 1 is 1.08 bits per heavy atom. The SMILES string of the molecule is CC1CCC(C2CCC(CBr)O2)O1. The van der Waals surface area contributed by atoms with E-state index in [0.29, 0.717) is 24.4 Å². The third-order valence-electron chi connectivity index (χ3n) is 2.99. The first-order valence-corrected chi connectivity index (χ1v) is 6.28. The van der Waals surface area contributed by atoms with Gasteiger partial charge in [0.1, 0.15) is 0 Å². The lowest BCUT2D eigenvalue weighted by atomic mass is 10.1. The number of ether oxygens (including phenoxy) is 2. The Labute approximate surface area is 88.1 Å². The van der Waals surface area contributed by atoms with Crippen molar-refractivity contribution in [1.82, 2.24) is 0 Å². The first-order chi connectivity index (χ1) is 6.29. The first kappa shape index (κ1) is 9.94. The van der Waals surface area contributed by atoms with Gasteiger partial charge in [0.15, 0.2) is 0 Å². The van der Waals surface area contributed by atoms with Crippen molar-refractivity contribution in [2.45, 2.75) is 57.0 Å². The van der Waals surface area contributed by atoms with Crippen molar-refractivity contribution < 1.29 is 9.47 Å². The smallest absolute Gasteiger partial charge is 0.0841 e. The maximum absolute atomic E-state index is 5.87. The van der Waals surface area contributed by atoms with Crippen molar-refractivity contribution in [3.8, 4) is 0 Å². The summed E-state index contributed by atoms with van der Waals surface area (Å²) in [4.78, 5) is 0. The van der Waals surface area contributed by atoms with Crippen LogP contribution in [0.15, 0.2) is 0 Å². The van der Waals surface area contributed by atoms with Gasteiger partial charge < -0.3 is 9.47 Å². The zero-order chi connectivity index (χ0) is 9.26. The molecule has 13 heavy (non-hydrogen) atoms. The largest absolute Gasteiger partial charge is 0.373 e. The van der Waals surface area contributed by atoms with Gasteiger partial charge in [-0.2, -0.15) is 0 Å². The summed E-state index contributed by atoms with van der Waals surface area (Å²) in [5.41, 5.74) is 0. The lowest BCUT2D eigenvalue weighted by Gasteiger charge is -2.19. The van der Waals surface area contributed by atoms with Gasteiger partial charge >= 0.3 is 0 Å². The molecule has 3 heteroatoms. The van der Waals surface area contributed by atoms with Crippen molar-refractivity contribution in [2.75, 3.05) is 5.33 Å². The Kier molecular flexibility index (Phi) is 3.27. The maximum atomic E-state index is 5.87. The Hall–Kier alpha value is 0.400. The molecule has 2 heterocycles. The zero-order valence-corrected chi connectivity index (χ0v) is 9.63. The van der Waals surface area contributed by atoms with Crippen molar-refractivity contribution in [1.29, 1.82) is 0 Å². The van der Waals surface area contributed by atoms with Crippen LogP contribution in [-0.2, 0) is 9.47 Å². The summed E-state index contributed by atoms with van der Waals surface area (Å²) < 4.78 is 11.7. The molecule has 2 saturated heterocycles. The minimum absolute atomic E-state index is 0.368. The fraction of sp³-hybridized carbons (Fsp3) is 1.00. The fourth-order valence-electron chi connectivity index (χ4n) is 2.23. The molecule has 2 rings (SSSR count). The van der Waals surface area contributed by atoms with E-state index in [1.165, 1.54) is 25.7 Å². The van der Waals surface area contributed by atoms with Gasteiger partial charge in [-0.1, -0.05) is 15.9 Å². The summed E-state index contributed by atoms with van der Waals surface area (Å²) >= 11 is 3.46. The maximum Gasteiger partial charge on any atom is 0.0841 e. The number of alkyl halides is 1. The summed E-state index contributed by atoms with van der Waals surface area (Å²) in [6.45, 7) is 2.15. The van der Waals surface area contributed by atoms with Crippen LogP contribution in [0.25, 0.3) is 0 Å². The van der Waals surface area contributed by atoms with E-state index in [2.05, 4.69) is 22.9 Å². The van der Waals surface area contributed by atoms with Gasteiger partial charge in [0.25, 0.3) is 0 Å². The number of hydrogen-bond acceptors (Lipinski definition) is 2. The van der Waals surface area contributed by atoms with Crippen LogP contribution in [-0.4, -0.2) is 29.7 Å². The normalized spacial score (nSPS) is 45.7. The van der Waals surface area contributed by atoms with Crippen molar-refractivity contribution in [3.63, 3.8) is 0 Å². The van der Waals surface area contributed by atoms with Gasteiger partial charge in [-0.15, -0.1) is 0 Å². The molecule has 0 N–H and O–H groups in total. The molecule has 4 atom stereocenters. The lowest BCUT2D eigenvalue weighted by molar-refractivity contribution is -0.0563. The molecular weight excluding hydrogens is 232 g/mol. The monoisotopic (exact) mass is 248 g/mol. The molecule has 0 saturated carbocycles. The molecule has 0 aliphatic carbocycles. The average molecular weight is 249 g/mol. The number of hydrogen-bond donors (Lipinski definition) is 0. The number of rotatable bonds is 2. The quantitative estimate of drug-likeness (QED) is 0.700. The van der Waals surface area contributed by atoms with Gasteiger partial charge in [-0.05, 0) is 32.6 Å². The minimum Gasteiger partial charge on any atom is -0.373 e. The molecule has 0 bridgehead atoms. The molecule has 76 valence electrons. The molecule has 0 radical (unpaired) electrons. The van der Waals surface area contributed by atoms with Crippen molar-refractivity contribution in [3.05, 3.63) is 0 Å². The van der Waals surface area contributed by atoms with Crippen LogP contribution >= 0.6 is 15.9 Å². The van der Waals surface area contributed by atoms with Gasteiger partial charge in [0.05, 0.1) is 24.4 Å². The molecule has 2 fully saturated rings.